The number of rotatable bonds is 4. The molecule has 1 amide bonds. The number of hydrazone groups is 1. The van der Waals surface area contributed by atoms with Crippen LogP contribution in [0.1, 0.15) is 30.8 Å². The Morgan fingerprint density at radius 2 is 2.00 bits per heavy atom. The number of halogens is 1. The normalized spacial score (nSPS) is 16.1. The summed E-state index contributed by atoms with van der Waals surface area (Å²) < 4.78 is 12.9. The SMILES string of the molecule is CC(=O)Oc1ccc(Cl)cc1C1=NN(C(C)=O)[C@H](Cn2nc(C)cc2C)O1. The first-order valence-corrected chi connectivity index (χ1v) is 8.67. The van der Waals surface area contributed by atoms with E-state index in [9.17, 15) is 9.59 Å². The molecule has 0 spiro atoms. The van der Waals surface area contributed by atoms with E-state index in [0.717, 1.165) is 11.4 Å². The van der Waals surface area contributed by atoms with Gasteiger partial charge in [-0.1, -0.05) is 11.6 Å². The number of benzene rings is 1. The summed E-state index contributed by atoms with van der Waals surface area (Å²) in [6.07, 6.45) is -0.681. The molecule has 1 atom stereocenters. The topological polar surface area (TPSA) is 86.0 Å². The monoisotopic (exact) mass is 390 g/mol. The van der Waals surface area contributed by atoms with E-state index in [1.807, 2.05) is 19.9 Å². The summed E-state index contributed by atoms with van der Waals surface area (Å²) in [5, 5.41) is 10.3. The lowest BCUT2D eigenvalue weighted by Gasteiger charge is -2.19. The van der Waals surface area contributed by atoms with Crippen molar-refractivity contribution >= 4 is 29.4 Å². The van der Waals surface area contributed by atoms with Gasteiger partial charge in [0, 0.05) is 24.6 Å². The van der Waals surface area contributed by atoms with Gasteiger partial charge in [-0.2, -0.15) is 10.1 Å². The van der Waals surface area contributed by atoms with Gasteiger partial charge in [-0.3, -0.25) is 14.3 Å². The lowest BCUT2D eigenvalue weighted by atomic mass is 10.2. The molecule has 0 fully saturated rings. The average molecular weight is 391 g/mol. The van der Waals surface area contributed by atoms with Crippen LogP contribution in [0.3, 0.4) is 0 Å². The van der Waals surface area contributed by atoms with Crippen molar-refractivity contribution in [2.75, 3.05) is 0 Å². The van der Waals surface area contributed by atoms with E-state index in [1.165, 1.54) is 18.9 Å². The smallest absolute Gasteiger partial charge is 0.308 e. The number of carbonyl (C=O) groups excluding carboxylic acids is 2. The number of aromatic nitrogens is 2. The fraction of sp³-hybridized carbons (Fsp3) is 0.333. The lowest BCUT2D eigenvalue weighted by Crippen LogP contribution is -2.36. The Morgan fingerprint density at radius 1 is 1.26 bits per heavy atom. The summed E-state index contributed by atoms with van der Waals surface area (Å²) in [5.41, 5.74) is 2.20. The summed E-state index contributed by atoms with van der Waals surface area (Å²) in [7, 11) is 0. The van der Waals surface area contributed by atoms with Crippen LogP contribution in [0.15, 0.2) is 29.4 Å². The molecule has 0 bridgehead atoms. The summed E-state index contributed by atoms with van der Waals surface area (Å²) >= 11 is 6.07. The number of carbonyl (C=O) groups is 2. The van der Waals surface area contributed by atoms with E-state index in [4.69, 9.17) is 21.1 Å². The van der Waals surface area contributed by atoms with Crippen molar-refractivity contribution in [2.45, 2.75) is 40.5 Å². The van der Waals surface area contributed by atoms with Crippen molar-refractivity contribution in [3.8, 4) is 5.75 Å². The molecule has 0 N–H and O–H groups in total. The molecular weight excluding hydrogens is 372 g/mol. The zero-order valence-electron chi connectivity index (χ0n) is 15.4. The van der Waals surface area contributed by atoms with Crippen LogP contribution in [-0.2, 0) is 20.9 Å². The van der Waals surface area contributed by atoms with Crippen LogP contribution in [0.4, 0.5) is 0 Å². The fourth-order valence-corrected chi connectivity index (χ4v) is 2.96. The van der Waals surface area contributed by atoms with Crippen molar-refractivity contribution in [3.05, 3.63) is 46.2 Å². The van der Waals surface area contributed by atoms with Crippen LogP contribution in [0.2, 0.25) is 5.02 Å². The second-order valence-electron chi connectivity index (χ2n) is 6.18. The molecule has 0 saturated carbocycles. The highest BCUT2D eigenvalue weighted by molar-refractivity contribution is 6.31. The maximum absolute atomic E-state index is 12.0. The van der Waals surface area contributed by atoms with E-state index >= 15 is 0 Å². The van der Waals surface area contributed by atoms with Gasteiger partial charge in [0.25, 0.3) is 0 Å². The van der Waals surface area contributed by atoms with Crippen LogP contribution < -0.4 is 4.74 Å². The highest BCUT2D eigenvalue weighted by Gasteiger charge is 2.34. The Labute approximate surface area is 161 Å². The zero-order chi connectivity index (χ0) is 19.7. The highest BCUT2D eigenvalue weighted by Crippen LogP contribution is 2.28. The third kappa shape index (κ3) is 4.11. The van der Waals surface area contributed by atoms with Gasteiger partial charge in [-0.05, 0) is 38.1 Å². The molecule has 8 nitrogen and oxygen atoms in total. The van der Waals surface area contributed by atoms with Crippen LogP contribution in [0.25, 0.3) is 0 Å². The summed E-state index contributed by atoms with van der Waals surface area (Å²) in [5.74, 6) is -0.372. The maximum atomic E-state index is 12.0. The number of hydrogen-bond acceptors (Lipinski definition) is 6. The van der Waals surface area contributed by atoms with Gasteiger partial charge < -0.3 is 9.47 Å². The molecular formula is C18H19ClN4O4. The van der Waals surface area contributed by atoms with E-state index in [-0.39, 0.29) is 17.6 Å². The second-order valence-corrected chi connectivity index (χ2v) is 6.62. The minimum absolute atomic E-state index is 0.149. The quantitative estimate of drug-likeness (QED) is 0.591. The standard InChI is InChI=1S/C18H19ClN4O4/c1-10-7-11(2)22(20-10)9-17-23(12(3)24)21-18(27-17)15-8-14(19)5-6-16(15)26-13(4)25/h5-8,17H,9H2,1-4H3/t17-/m0/s1. The molecule has 142 valence electrons. The van der Waals surface area contributed by atoms with Crippen LogP contribution in [-0.4, -0.2) is 38.8 Å². The van der Waals surface area contributed by atoms with Crippen LogP contribution >= 0.6 is 11.6 Å². The molecule has 2 heterocycles. The molecule has 0 radical (unpaired) electrons. The highest BCUT2D eigenvalue weighted by atomic mass is 35.5. The summed E-state index contributed by atoms with van der Waals surface area (Å²) in [6.45, 7) is 6.81. The molecule has 1 aromatic heterocycles. The van der Waals surface area contributed by atoms with E-state index < -0.39 is 12.2 Å². The van der Waals surface area contributed by atoms with Gasteiger partial charge >= 0.3 is 5.97 Å². The number of ether oxygens (including phenoxy) is 2. The molecule has 1 aromatic carbocycles. The minimum Gasteiger partial charge on any atom is -0.448 e. The molecule has 0 unspecified atom stereocenters. The molecule has 0 aliphatic carbocycles. The molecule has 1 aliphatic heterocycles. The number of esters is 1. The average Bonchev–Trinajstić information content (AvgIpc) is 3.12. The number of nitrogens with zero attached hydrogens (tertiary/aromatic N) is 4. The molecule has 0 saturated heterocycles. The van der Waals surface area contributed by atoms with Gasteiger partial charge in [0.05, 0.1) is 17.8 Å². The zero-order valence-corrected chi connectivity index (χ0v) is 16.1. The van der Waals surface area contributed by atoms with Gasteiger partial charge in [0.2, 0.25) is 18.0 Å². The van der Waals surface area contributed by atoms with Crippen molar-refractivity contribution < 1.29 is 19.1 Å². The first-order chi connectivity index (χ1) is 12.7. The van der Waals surface area contributed by atoms with E-state index in [0.29, 0.717) is 17.1 Å². The molecule has 27 heavy (non-hydrogen) atoms. The summed E-state index contributed by atoms with van der Waals surface area (Å²) in [6, 6.07) is 6.65. The molecule has 9 heteroatoms. The van der Waals surface area contributed by atoms with E-state index in [2.05, 4.69) is 10.2 Å². The Bertz CT molecular complexity index is 937. The maximum Gasteiger partial charge on any atom is 0.308 e. The van der Waals surface area contributed by atoms with Gasteiger partial charge in [-0.15, -0.1) is 5.10 Å². The predicted octanol–water partition coefficient (Wildman–Crippen LogP) is 2.65. The van der Waals surface area contributed by atoms with Crippen LogP contribution in [0.5, 0.6) is 5.75 Å². The van der Waals surface area contributed by atoms with Gasteiger partial charge in [0.1, 0.15) is 5.75 Å². The number of aryl methyl sites for hydroxylation is 2. The van der Waals surface area contributed by atoms with Crippen molar-refractivity contribution in [3.63, 3.8) is 0 Å². The molecule has 3 rings (SSSR count). The number of amides is 1. The third-order valence-electron chi connectivity index (χ3n) is 3.90. The lowest BCUT2D eigenvalue weighted by molar-refractivity contribution is -0.135. The minimum atomic E-state index is -0.681. The second kappa shape index (κ2) is 7.40. The fourth-order valence-electron chi connectivity index (χ4n) is 2.79. The van der Waals surface area contributed by atoms with Crippen molar-refractivity contribution in [2.24, 2.45) is 5.10 Å². The Kier molecular flexibility index (Phi) is 5.18. The predicted molar refractivity (Wildman–Crippen MR) is 98.4 cm³/mol. The third-order valence-corrected chi connectivity index (χ3v) is 4.13. The number of hydrogen-bond donors (Lipinski definition) is 0. The molecule has 1 aliphatic rings. The summed E-state index contributed by atoms with van der Waals surface area (Å²) in [4.78, 5) is 23.4. The van der Waals surface area contributed by atoms with Crippen molar-refractivity contribution in [1.29, 1.82) is 0 Å². The largest absolute Gasteiger partial charge is 0.448 e. The van der Waals surface area contributed by atoms with Crippen LogP contribution in [0, 0.1) is 13.8 Å². The Balaban J connectivity index is 1.92. The Hall–Kier alpha value is -2.87. The van der Waals surface area contributed by atoms with Gasteiger partial charge in [-0.25, -0.2) is 0 Å². The Morgan fingerprint density at radius 3 is 2.59 bits per heavy atom. The van der Waals surface area contributed by atoms with E-state index in [1.54, 1.807) is 22.9 Å². The first-order valence-electron chi connectivity index (χ1n) is 8.29. The first kappa shape index (κ1) is 18.9. The van der Waals surface area contributed by atoms with Crippen molar-refractivity contribution in [1.82, 2.24) is 14.8 Å². The van der Waals surface area contributed by atoms with Gasteiger partial charge in [0.15, 0.2) is 0 Å². The molecule has 2 aromatic rings.